The number of anilines is 1. The molecule has 2 aromatic carbocycles. The van der Waals surface area contributed by atoms with Crippen LogP contribution < -0.4 is 10.5 Å². The molecule has 0 heterocycles. The summed E-state index contributed by atoms with van der Waals surface area (Å²) in [6, 6.07) is 7.98. The van der Waals surface area contributed by atoms with Gasteiger partial charge in [0, 0.05) is 17.8 Å². The van der Waals surface area contributed by atoms with E-state index in [1.165, 1.54) is 12.1 Å². The molecule has 0 aliphatic carbocycles. The van der Waals surface area contributed by atoms with Gasteiger partial charge in [-0.05, 0) is 29.8 Å². The summed E-state index contributed by atoms with van der Waals surface area (Å²) in [5.41, 5.74) is 6.47. The molecule has 0 saturated carbocycles. The Balaban J connectivity index is 2.13. The van der Waals surface area contributed by atoms with Crippen LogP contribution in [-0.4, -0.2) is 0 Å². The van der Waals surface area contributed by atoms with E-state index in [0.717, 1.165) is 6.07 Å². The number of hydrogen-bond donors (Lipinski definition) is 1. The molecular weight excluding hydrogens is 260 g/mol. The van der Waals surface area contributed by atoms with Crippen LogP contribution in [0.25, 0.3) is 0 Å². The Kier molecular flexibility index (Phi) is 3.67. The minimum absolute atomic E-state index is 0.0118. The quantitative estimate of drug-likeness (QED) is 0.861. The molecule has 0 aliphatic heterocycles. The van der Waals surface area contributed by atoms with Crippen molar-refractivity contribution in [2.24, 2.45) is 0 Å². The summed E-state index contributed by atoms with van der Waals surface area (Å²) in [5, 5.41) is 0.390. The number of hydrogen-bond acceptors (Lipinski definition) is 2. The van der Waals surface area contributed by atoms with E-state index < -0.39 is 11.6 Å². The van der Waals surface area contributed by atoms with Crippen LogP contribution in [0.4, 0.5) is 14.5 Å². The number of ether oxygens (including phenoxy) is 1. The minimum Gasteiger partial charge on any atom is -0.487 e. The summed E-state index contributed by atoms with van der Waals surface area (Å²) in [5.74, 6) is -0.916. The van der Waals surface area contributed by atoms with E-state index in [9.17, 15) is 8.78 Å². The second-order valence-corrected chi connectivity index (χ2v) is 4.16. The molecule has 2 N–H and O–H groups in total. The van der Waals surface area contributed by atoms with E-state index in [1.807, 2.05) is 0 Å². The normalized spacial score (nSPS) is 10.4. The Hall–Kier alpha value is -1.81. The highest BCUT2D eigenvalue weighted by Crippen LogP contribution is 2.27. The third-order valence-electron chi connectivity index (χ3n) is 2.27. The Morgan fingerprint density at radius 1 is 1.06 bits per heavy atom. The van der Waals surface area contributed by atoms with E-state index in [4.69, 9.17) is 22.1 Å². The molecular formula is C13H10ClF2NO. The fourth-order valence-corrected chi connectivity index (χ4v) is 1.66. The maximum atomic E-state index is 13.0. The van der Waals surface area contributed by atoms with Crippen LogP contribution in [0.2, 0.25) is 5.02 Å². The Morgan fingerprint density at radius 2 is 1.72 bits per heavy atom. The van der Waals surface area contributed by atoms with Crippen LogP contribution in [0.3, 0.4) is 0 Å². The number of benzene rings is 2. The van der Waals surface area contributed by atoms with Gasteiger partial charge in [0.1, 0.15) is 24.0 Å². The molecule has 18 heavy (non-hydrogen) atoms. The lowest BCUT2D eigenvalue weighted by Gasteiger charge is -2.09. The minimum atomic E-state index is -0.646. The molecule has 0 fully saturated rings. The summed E-state index contributed by atoms with van der Waals surface area (Å²) in [7, 11) is 0. The van der Waals surface area contributed by atoms with Gasteiger partial charge in [0.2, 0.25) is 0 Å². The molecule has 0 aromatic heterocycles. The van der Waals surface area contributed by atoms with Gasteiger partial charge in [-0.2, -0.15) is 0 Å². The van der Waals surface area contributed by atoms with E-state index in [-0.39, 0.29) is 6.61 Å². The van der Waals surface area contributed by atoms with Crippen molar-refractivity contribution in [2.75, 3.05) is 5.73 Å². The van der Waals surface area contributed by atoms with Gasteiger partial charge in [-0.3, -0.25) is 0 Å². The van der Waals surface area contributed by atoms with Gasteiger partial charge in [0.25, 0.3) is 0 Å². The number of nitrogen functional groups attached to an aromatic ring is 1. The largest absolute Gasteiger partial charge is 0.487 e. The predicted molar refractivity (Wildman–Crippen MR) is 66.6 cm³/mol. The van der Waals surface area contributed by atoms with E-state index in [1.54, 1.807) is 18.2 Å². The molecule has 0 bridgehead atoms. The number of rotatable bonds is 3. The van der Waals surface area contributed by atoms with E-state index >= 15 is 0 Å². The Morgan fingerprint density at radius 3 is 2.39 bits per heavy atom. The highest BCUT2D eigenvalue weighted by Gasteiger charge is 2.05. The fraction of sp³-hybridized carbons (Fsp3) is 0.0769. The number of nitrogens with two attached hydrogens (primary N) is 1. The Bertz CT molecular complexity index is 555. The molecule has 94 valence electrons. The van der Waals surface area contributed by atoms with Gasteiger partial charge in [-0.25, -0.2) is 8.78 Å². The first kappa shape index (κ1) is 12.6. The van der Waals surface area contributed by atoms with Crippen molar-refractivity contribution in [1.29, 1.82) is 0 Å². The molecule has 0 aliphatic rings. The van der Waals surface area contributed by atoms with Gasteiger partial charge in [-0.15, -0.1) is 0 Å². The molecule has 0 radical (unpaired) electrons. The van der Waals surface area contributed by atoms with Gasteiger partial charge < -0.3 is 10.5 Å². The first-order valence-corrected chi connectivity index (χ1v) is 5.55. The molecule has 0 amide bonds. The van der Waals surface area contributed by atoms with Gasteiger partial charge in [-0.1, -0.05) is 11.6 Å². The third kappa shape index (κ3) is 3.11. The third-order valence-corrected chi connectivity index (χ3v) is 2.58. The fourth-order valence-electron chi connectivity index (χ4n) is 1.49. The van der Waals surface area contributed by atoms with Crippen molar-refractivity contribution in [2.45, 2.75) is 6.61 Å². The summed E-state index contributed by atoms with van der Waals surface area (Å²) in [4.78, 5) is 0. The monoisotopic (exact) mass is 269 g/mol. The maximum absolute atomic E-state index is 13.0. The van der Waals surface area contributed by atoms with Crippen LogP contribution in [-0.2, 0) is 6.61 Å². The molecule has 5 heteroatoms. The van der Waals surface area contributed by atoms with Crippen LogP contribution in [0.1, 0.15) is 5.56 Å². The molecule has 2 nitrogen and oxygen atoms in total. The van der Waals surface area contributed by atoms with E-state index in [0.29, 0.717) is 22.0 Å². The van der Waals surface area contributed by atoms with Gasteiger partial charge in [0.15, 0.2) is 0 Å². The zero-order chi connectivity index (χ0) is 13.1. The standard InChI is InChI=1S/C13H10ClF2NO/c14-12-2-1-11(17)6-13(12)18-7-8-3-9(15)5-10(16)4-8/h1-6H,7,17H2. The van der Waals surface area contributed by atoms with Crippen molar-refractivity contribution < 1.29 is 13.5 Å². The molecule has 0 atom stereocenters. The summed E-state index contributed by atoms with van der Waals surface area (Å²) in [6.07, 6.45) is 0. The first-order valence-electron chi connectivity index (χ1n) is 5.17. The second kappa shape index (κ2) is 5.23. The zero-order valence-electron chi connectivity index (χ0n) is 9.29. The second-order valence-electron chi connectivity index (χ2n) is 3.76. The van der Waals surface area contributed by atoms with Crippen LogP contribution in [0.5, 0.6) is 5.75 Å². The zero-order valence-corrected chi connectivity index (χ0v) is 10.0. The maximum Gasteiger partial charge on any atom is 0.140 e. The molecule has 0 spiro atoms. The lowest BCUT2D eigenvalue weighted by atomic mass is 10.2. The summed E-state index contributed by atoms with van der Waals surface area (Å²) < 4.78 is 31.3. The van der Waals surface area contributed by atoms with Gasteiger partial charge >= 0.3 is 0 Å². The highest BCUT2D eigenvalue weighted by atomic mass is 35.5. The van der Waals surface area contributed by atoms with Crippen molar-refractivity contribution >= 4 is 17.3 Å². The smallest absolute Gasteiger partial charge is 0.140 e. The molecule has 2 rings (SSSR count). The van der Waals surface area contributed by atoms with Gasteiger partial charge in [0.05, 0.1) is 5.02 Å². The highest BCUT2D eigenvalue weighted by molar-refractivity contribution is 6.32. The van der Waals surface area contributed by atoms with Crippen LogP contribution >= 0.6 is 11.6 Å². The number of halogens is 3. The van der Waals surface area contributed by atoms with Crippen molar-refractivity contribution in [1.82, 2.24) is 0 Å². The average molecular weight is 270 g/mol. The molecule has 0 unspecified atom stereocenters. The van der Waals surface area contributed by atoms with Crippen molar-refractivity contribution in [3.63, 3.8) is 0 Å². The summed E-state index contributed by atoms with van der Waals surface area (Å²) in [6.45, 7) is 0.0118. The lowest BCUT2D eigenvalue weighted by molar-refractivity contribution is 0.305. The summed E-state index contributed by atoms with van der Waals surface area (Å²) >= 11 is 5.90. The molecule has 2 aromatic rings. The van der Waals surface area contributed by atoms with Crippen LogP contribution in [0, 0.1) is 11.6 Å². The average Bonchev–Trinajstić information content (AvgIpc) is 2.29. The molecule has 0 saturated heterocycles. The Labute approximate surface area is 108 Å². The topological polar surface area (TPSA) is 35.2 Å². The SMILES string of the molecule is Nc1ccc(Cl)c(OCc2cc(F)cc(F)c2)c1. The lowest BCUT2D eigenvalue weighted by Crippen LogP contribution is -1.98. The van der Waals surface area contributed by atoms with Crippen molar-refractivity contribution in [3.05, 3.63) is 58.6 Å². The first-order chi connectivity index (χ1) is 8.54. The van der Waals surface area contributed by atoms with E-state index in [2.05, 4.69) is 0 Å². The van der Waals surface area contributed by atoms with Crippen LogP contribution in [0.15, 0.2) is 36.4 Å². The van der Waals surface area contributed by atoms with Crippen molar-refractivity contribution in [3.8, 4) is 5.75 Å². The predicted octanol–water partition coefficient (Wildman–Crippen LogP) is 3.78.